The third-order valence-electron chi connectivity index (χ3n) is 2.44. The zero-order chi connectivity index (χ0) is 11.5. The highest BCUT2D eigenvalue weighted by Gasteiger charge is 2.03. The number of thiophene rings is 1. The first-order valence-electron chi connectivity index (χ1n) is 5.26. The molecule has 0 atom stereocenters. The summed E-state index contributed by atoms with van der Waals surface area (Å²) in [4.78, 5) is 4.34. The van der Waals surface area contributed by atoms with Crippen LogP contribution in [0.15, 0.2) is 42.0 Å². The second kappa shape index (κ2) is 4.47. The number of nitrogens with one attached hydrogen (secondary N) is 1. The van der Waals surface area contributed by atoms with E-state index in [1.54, 1.807) is 17.5 Å². The summed E-state index contributed by atoms with van der Waals surface area (Å²) in [6, 6.07) is 7.91. The molecule has 0 unspecified atom stereocenters. The van der Waals surface area contributed by atoms with Crippen LogP contribution in [0.3, 0.4) is 0 Å². The van der Waals surface area contributed by atoms with Crippen LogP contribution < -0.4 is 5.32 Å². The summed E-state index contributed by atoms with van der Waals surface area (Å²) in [7, 11) is 0. The van der Waals surface area contributed by atoms with Gasteiger partial charge in [0.15, 0.2) is 0 Å². The van der Waals surface area contributed by atoms with E-state index in [9.17, 15) is 0 Å². The molecular formula is C12H10N4S. The Bertz CT molecular complexity index is 620. The number of aromatic nitrogens is 3. The SMILES string of the molecule is c1cnnc(CNc2nccc3sccc23)c1. The predicted octanol–water partition coefficient (Wildman–Crippen LogP) is 2.70. The third-order valence-corrected chi connectivity index (χ3v) is 3.33. The summed E-state index contributed by atoms with van der Waals surface area (Å²) in [5.41, 5.74) is 0.904. The van der Waals surface area contributed by atoms with E-state index in [2.05, 4.69) is 31.9 Å². The van der Waals surface area contributed by atoms with Crippen molar-refractivity contribution in [1.82, 2.24) is 15.2 Å². The zero-order valence-electron chi connectivity index (χ0n) is 9.00. The molecule has 3 aromatic rings. The number of hydrogen-bond donors (Lipinski definition) is 1. The molecular weight excluding hydrogens is 232 g/mol. The molecule has 0 aliphatic rings. The normalized spacial score (nSPS) is 10.6. The van der Waals surface area contributed by atoms with E-state index in [1.807, 2.05) is 24.4 Å². The van der Waals surface area contributed by atoms with Crippen LogP contribution in [0.4, 0.5) is 5.82 Å². The molecule has 0 aliphatic heterocycles. The van der Waals surface area contributed by atoms with Gasteiger partial charge >= 0.3 is 0 Å². The summed E-state index contributed by atoms with van der Waals surface area (Å²) in [6.45, 7) is 0.635. The first kappa shape index (κ1) is 10.2. The largest absolute Gasteiger partial charge is 0.364 e. The lowest BCUT2D eigenvalue weighted by atomic mass is 10.3. The number of rotatable bonds is 3. The first-order chi connectivity index (χ1) is 8.43. The van der Waals surface area contributed by atoms with Crippen LogP contribution in [-0.4, -0.2) is 15.2 Å². The van der Waals surface area contributed by atoms with Crippen LogP contribution in [0.2, 0.25) is 0 Å². The van der Waals surface area contributed by atoms with Crippen LogP contribution in [0.5, 0.6) is 0 Å². The minimum absolute atomic E-state index is 0.635. The molecule has 5 heteroatoms. The Morgan fingerprint density at radius 2 is 2.18 bits per heavy atom. The van der Waals surface area contributed by atoms with Gasteiger partial charge in [-0.15, -0.1) is 11.3 Å². The Morgan fingerprint density at radius 1 is 1.18 bits per heavy atom. The smallest absolute Gasteiger partial charge is 0.134 e. The monoisotopic (exact) mass is 242 g/mol. The first-order valence-corrected chi connectivity index (χ1v) is 6.14. The molecule has 0 spiro atoms. The van der Waals surface area contributed by atoms with Crippen molar-refractivity contribution in [3.63, 3.8) is 0 Å². The number of anilines is 1. The van der Waals surface area contributed by atoms with Crippen LogP contribution in [0, 0.1) is 0 Å². The molecule has 0 radical (unpaired) electrons. The molecule has 3 aromatic heterocycles. The van der Waals surface area contributed by atoms with Crippen molar-refractivity contribution in [3.8, 4) is 0 Å². The van der Waals surface area contributed by atoms with Gasteiger partial charge in [0, 0.05) is 22.5 Å². The Hall–Kier alpha value is -2.01. The fourth-order valence-corrected chi connectivity index (χ4v) is 2.42. The van der Waals surface area contributed by atoms with Crippen molar-refractivity contribution in [2.24, 2.45) is 0 Å². The molecule has 17 heavy (non-hydrogen) atoms. The van der Waals surface area contributed by atoms with Gasteiger partial charge in [0.2, 0.25) is 0 Å². The molecule has 0 fully saturated rings. The number of nitrogens with zero attached hydrogens (tertiary/aromatic N) is 3. The summed E-state index contributed by atoms with van der Waals surface area (Å²) in [5, 5.41) is 14.4. The molecule has 3 rings (SSSR count). The van der Waals surface area contributed by atoms with Gasteiger partial charge in [-0.25, -0.2) is 4.98 Å². The Morgan fingerprint density at radius 3 is 3.06 bits per heavy atom. The topological polar surface area (TPSA) is 50.7 Å². The Balaban J connectivity index is 1.84. The number of fused-ring (bicyclic) bond motifs is 1. The molecule has 4 nitrogen and oxygen atoms in total. The van der Waals surface area contributed by atoms with Gasteiger partial charge < -0.3 is 5.32 Å². The number of hydrogen-bond acceptors (Lipinski definition) is 5. The second-order valence-electron chi connectivity index (χ2n) is 3.56. The van der Waals surface area contributed by atoms with Gasteiger partial charge in [0.05, 0.1) is 12.2 Å². The van der Waals surface area contributed by atoms with E-state index < -0.39 is 0 Å². The highest BCUT2D eigenvalue weighted by molar-refractivity contribution is 7.17. The molecule has 1 N–H and O–H groups in total. The second-order valence-corrected chi connectivity index (χ2v) is 4.51. The summed E-state index contributed by atoms with van der Waals surface area (Å²) >= 11 is 1.72. The lowest BCUT2D eigenvalue weighted by Crippen LogP contribution is -2.03. The maximum atomic E-state index is 4.34. The summed E-state index contributed by atoms with van der Waals surface area (Å²) in [5.74, 6) is 0.898. The minimum atomic E-state index is 0.635. The summed E-state index contributed by atoms with van der Waals surface area (Å²) in [6.07, 6.45) is 3.49. The molecule has 0 aromatic carbocycles. The molecule has 0 saturated carbocycles. The van der Waals surface area contributed by atoms with Crippen molar-refractivity contribution in [1.29, 1.82) is 0 Å². The highest BCUT2D eigenvalue weighted by Crippen LogP contribution is 2.25. The molecule has 0 saturated heterocycles. The lowest BCUT2D eigenvalue weighted by molar-refractivity contribution is 0.922. The van der Waals surface area contributed by atoms with Crippen LogP contribution in [0.1, 0.15) is 5.69 Å². The van der Waals surface area contributed by atoms with Gasteiger partial charge in [-0.05, 0) is 29.6 Å². The molecule has 3 heterocycles. The maximum Gasteiger partial charge on any atom is 0.134 e. The van der Waals surface area contributed by atoms with Crippen molar-refractivity contribution in [2.45, 2.75) is 6.54 Å². The van der Waals surface area contributed by atoms with Crippen molar-refractivity contribution >= 4 is 27.2 Å². The van der Waals surface area contributed by atoms with Crippen LogP contribution in [0.25, 0.3) is 10.1 Å². The standard InChI is InChI=1S/C12H10N4S/c1-2-9(16-15-5-1)8-14-12-10-4-7-17-11(10)3-6-13-12/h1-7H,8H2,(H,13,14). The van der Waals surface area contributed by atoms with Gasteiger partial charge in [0.1, 0.15) is 5.82 Å². The van der Waals surface area contributed by atoms with Gasteiger partial charge in [-0.3, -0.25) is 0 Å². The summed E-state index contributed by atoms with van der Waals surface area (Å²) < 4.78 is 1.24. The highest BCUT2D eigenvalue weighted by atomic mass is 32.1. The quantitative estimate of drug-likeness (QED) is 0.767. The Labute approximate surface area is 102 Å². The maximum absolute atomic E-state index is 4.34. The number of pyridine rings is 1. The van der Waals surface area contributed by atoms with E-state index in [4.69, 9.17) is 0 Å². The van der Waals surface area contributed by atoms with Gasteiger partial charge in [0.25, 0.3) is 0 Å². The average Bonchev–Trinajstić information content (AvgIpc) is 2.86. The molecule has 0 aliphatic carbocycles. The minimum Gasteiger partial charge on any atom is -0.364 e. The predicted molar refractivity (Wildman–Crippen MR) is 69.0 cm³/mol. The fraction of sp³-hybridized carbons (Fsp3) is 0.0833. The van der Waals surface area contributed by atoms with E-state index in [0.717, 1.165) is 16.9 Å². The molecule has 0 bridgehead atoms. The molecule has 84 valence electrons. The van der Waals surface area contributed by atoms with E-state index >= 15 is 0 Å². The van der Waals surface area contributed by atoms with Crippen LogP contribution in [-0.2, 0) is 6.54 Å². The molecule has 0 amide bonds. The van der Waals surface area contributed by atoms with Crippen molar-refractivity contribution < 1.29 is 0 Å². The van der Waals surface area contributed by atoms with Crippen molar-refractivity contribution in [3.05, 3.63) is 47.7 Å². The van der Waals surface area contributed by atoms with Crippen molar-refractivity contribution in [2.75, 3.05) is 5.32 Å². The lowest BCUT2D eigenvalue weighted by Gasteiger charge is -2.05. The Kier molecular flexibility index (Phi) is 2.67. The fourth-order valence-electron chi connectivity index (χ4n) is 1.64. The van der Waals surface area contributed by atoms with E-state index in [-0.39, 0.29) is 0 Å². The zero-order valence-corrected chi connectivity index (χ0v) is 9.81. The van der Waals surface area contributed by atoms with Gasteiger partial charge in [-0.2, -0.15) is 10.2 Å². The van der Waals surface area contributed by atoms with E-state index in [1.165, 1.54) is 4.70 Å². The van der Waals surface area contributed by atoms with E-state index in [0.29, 0.717) is 6.54 Å². The average molecular weight is 242 g/mol. The van der Waals surface area contributed by atoms with Crippen LogP contribution >= 0.6 is 11.3 Å². The third kappa shape index (κ3) is 2.09. The van der Waals surface area contributed by atoms with Gasteiger partial charge in [-0.1, -0.05) is 0 Å².